The Hall–Kier alpha value is -2.14. The number of nitrogens with one attached hydrogen (secondary N) is 2. The van der Waals surface area contributed by atoms with E-state index in [2.05, 4.69) is 50.5 Å². The van der Waals surface area contributed by atoms with Crippen LogP contribution in [0.2, 0.25) is 0 Å². The van der Waals surface area contributed by atoms with E-state index in [9.17, 15) is 4.79 Å². The number of rotatable bonds is 3. The van der Waals surface area contributed by atoms with Crippen LogP contribution in [0, 0.1) is 6.92 Å². The van der Waals surface area contributed by atoms with Crippen LogP contribution in [0.25, 0.3) is 5.69 Å². The summed E-state index contributed by atoms with van der Waals surface area (Å²) in [6, 6.07) is 8.36. The molecule has 1 aromatic heterocycles. The van der Waals surface area contributed by atoms with Gasteiger partial charge in [-0.3, -0.25) is 4.79 Å². The summed E-state index contributed by atoms with van der Waals surface area (Å²) in [7, 11) is 0. The van der Waals surface area contributed by atoms with Crippen molar-refractivity contribution in [2.24, 2.45) is 0 Å². The van der Waals surface area contributed by atoms with Crippen LogP contribution in [0.1, 0.15) is 55.2 Å². The van der Waals surface area contributed by atoms with Gasteiger partial charge in [-0.2, -0.15) is 5.10 Å². The summed E-state index contributed by atoms with van der Waals surface area (Å²) >= 11 is 0. The number of aromatic nitrogens is 2. The molecule has 1 aliphatic heterocycles. The Morgan fingerprint density at radius 2 is 2.00 bits per heavy atom. The first-order valence-electron chi connectivity index (χ1n) is 9.03. The van der Waals surface area contributed by atoms with E-state index in [1.54, 1.807) is 0 Å². The third-order valence-corrected chi connectivity index (χ3v) is 4.60. The molecule has 0 unspecified atom stereocenters. The SMILES string of the molecule is Cc1ccc(-n2cc(C(=O)N[C@H]3CCCNC3)c(C(C)(C)C)n2)cc1. The molecule has 5 heteroatoms. The molecule has 3 rings (SSSR count). The molecule has 25 heavy (non-hydrogen) atoms. The Bertz CT molecular complexity index is 734. The maximum Gasteiger partial charge on any atom is 0.255 e. The van der Waals surface area contributed by atoms with Crippen LogP contribution in [0.5, 0.6) is 0 Å². The highest BCUT2D eigenvalue weighted by Gasteiger charge is 2.28. The van der Waals surface area contributed by atoms with Gasteiger partial charge in [0, 0.05) is 24.2 Å². The molecule has 0 bridgehead atoms. The first kappa shape index (κ1) is 17.7. The van der Waals surface area contributed by atoms with Crippen molar-refractivity contribution in [3.63, 3.8) is 0 Å². The zero-order chi connectivity index (χ0) is 18.0. The van der Waals surface area contributed by atoms with E-state index in [0.717, 1.165) is 37.3 Å². The first-order valence-corrected chi connectivity index (χ1v) is 9.03. The summed E-state index contributed by atoms with van der Waals surface area (Å²) in [6.07, 6.45) is 3.98. The summed E-state index contributed by atoms with van der Waals surface area (Å²) in [5.74, 6) is -0.0306. The highest BCUT2D eigenvalue weighted by Crippen LogP contribution is 2.26. The second kappa shape index (κ2) is 7.00. The summed E-state index contributed by atoms with van der Waals surface area (Å²) in [6.45, 7) is 10.2. The lowest BCUT2D eigenvalue weighted by molar-refractivity contribution is 0.0928. The maximum absolute atomic E-state index is 12.9. The largest absolute Gasteiger partial charge is 0.348 e. The van der Waals surface area contributed by atoms with E-state index < -0.39 is 0 Å². The highest BCUT2D eigenvalue weighted by atomic mass is 16.1. The van der Waals surface area contributed by atoms with E-state index >= 15 is 0 Å². The average Bonchev–Trinajstić information content (AvgIpc) is 3.02. The normalized spacial score (nSPS) is 18.2. The predicted molar refractivity (Wildman–Crippen MR) is 100 cm³/mol. The molecular weight excluding hydrogens is 312 g/mol. The molecule has 1 atom stereocenters. The summed E-state index contributed by atoms with van der Waals surface area (Å²) in [5.41, 5.74) is 3.46. The monoisotopic (exact) mass is 340 g/mol. The zero-order valence-corrected chi connectivity index (χ0v) is 15.6. The minimum Gasteiger partial charge on any atom is -0.348 e. The van der Waals surface area contributed by atoms with Crippen molar-refractivity contribution in [1.82, 2.24) is 20.4 Å². The van der Waals surface area contributed by atoms with Crippen LogP contribution in [-0.2, 0) is 5.41 Å². The topological polar surface area (TPSA) is 59.0 Å². The van der Waals surface area contributed by atoms with Gasteiger partial charge in [0.25, 0.3) is 5.91 Å². The Morgan fingerprint density at radius 3 is 2.60 bits per heavy atom. The standard InChI is InChI=1S/C20H28N4O/c1-14-7-9-16(10-8-14)24-13-17(18(23-24)20(2,3)4)19(25)22-15-6-5-11-21-12-15/h7-10,13,15,21H,5-6,11-12H2,1-4H3,(H,22,25)/t15-/m0/s1. The maximum atomic E-state index is 12.9. The van der Waals surface area contributed by atoms with E-state index in [0.29, 0.717) is 5.56 Å². The molecule has 2 N–H and O–H groups in total. The molecule has 0 aliphatic carbocycles. The van der Waals surface area contributed by atoms with Crippen molar-refractivity contribution >= 4 is 5.91 Å². The summed E-state index contributed by atoms with van der Waals surface area (Å²) in [4.78, 5) is 12.9. The second-order valence-corrected chi connectivity index (χ2v) is 7.94. The smallest absolute Gasteiger partial charge is 0.255 e. The van der Waals surface area contributed by atoms with Crippen LogP contribution in [-0.4, -0.2) is 34.8 Å². The Kier molecular flexibility index (Phi) is 4.95. The van der Waals surface area contributed by atoms with Gasteiger partial charge in [0.15, 0.2) is 0 Å². The van der Waals surface area contributed by atoms with Gasteiger partial charge >= 0.3 is 0 Å². The van der Waals surface area contributed by atoms with Crippen LogP contribution in [0.4, 0.5) is 0 Å². The third kappa shape index (κ3) is 4.10. The average molecular weight is 340 g/mol. The van der Waals surface area contributed by atoms with Crippen molar-refractivity contribution in [2.45, 2.75) is 52.0 Å². The molecule has 0 spiro atoms. The quantitative estimate of drug-likeness (QED) is 0.903. The van der Waals surface area contributed by atoms with E-state index in [4.69, 9.17) is 5.10 Å². The number of carbonyl (C=O) groups excluding carboxylic acids is 1. The predicted octanol–water partition coefficient (Wildman–Crippen LogP) is 2.96. The minimum atomic E-state index is -0.201. The van der Waals surface area contributed by atoms with Crippen molar-refractivity contribution < 1.29 is 4.79 Å². The second-order valence-electron chi connectivity index (χ2n) is 7.94. The fourth-order valence-electron chi connectivity index (χ4n) is 3.16. The lowest BCUT2D eigenvalue weighted by Gasteiger charge is -2.24. The van der Waals surface area contributed by atoms with Gasteiger partial charge < -0.3 is 10.6 Å². The summed E-state index contributed by atoms with van der Waals surface area (Å²) < 4.78 is 1.81. The van der Waals surface area contributed by atoms with Crippen molar-refractivity contribution in [1.29, 1.82) is 0 Å². The number of aryl methyl sites for hydroxylation is 1. The first-order chi connectivity index (χ1) is 11.8. The molecule has 0 saturated carbocycles. The van der Waals surface area contributed by atoms with E-state index in [-0.39, 0.29) is 17.4 Å². The number of piperidine rings is 1. The van der Waals surface area contributed by atoms with Crippen LogP contribution in [0.15, 0.2) is 30.5 Å². The number of amides is 1. The Balaban J connectivity index is 1.91. The van der Waals surface area contributed by atoms with Crippen LogP contribution >= 0.6 is 0 Å². The number of nitrogens with zero attached hydrogens (tertiary/aromatic N) is 2. The van der Waals surface area contributed by atoms with Crippen molar-refractivity contribution in [3.8, 4) is 5.69 Å². The molecule has 134 valence electrons. The fourth-order valence-corrected chi connectivity index (χ4v) is 3.16. The van der Waals surface area contributed by atoms with Crippen LogP contribution < -0.4 is 10.6 Å². The molecule has 1 amide bonds. The number of carbonyl (C=O) groups is 1. The number of hydrogen-bond acceptors (Lipinski definition) is 3. The molecule has 2 heterocycles. The van der Waals surface area contributed by atoms with E-state index in [1.807, 2.05) is 23.0 Å². The summed E-state index contributed by atoms with van der Waals surface area (Å²) in [5, 5.41) is 11.2. The Morgan fingerprint density at radius 1 is 1.28 bits per heavy atom. The van der Waals surface area contributed by atoms with Gasteiger partial charge in [-0.15, -0.1) is 0 Å². The Labute approximate surface area is 149 Å². The van der Waals surface area contributed by atoms with Gasteiger partial charge in [-0.05, 0) is 38.4 Å². The number of benzene rings is 1. The molecule has 1 fully saturated rings. The molecular formula is C20H28N4O. The zero-order valence-electron chi connectivity index (χ0n) is 15.6. The lowest BCUT2D eigenvalue weighted by Crippen LogP contribution is -2.45. The van der Waals surface area contributed by atoms with Gasteiger partial charge in [0.05, 0.1) is 16.9 Å². The molecule has 1 aromatic carbocycles. The van der Waals surface area contributed by atoms with Gasteiger partial charge in [-0.25, -0.2) is 4.68 Å². The highest BCUT2D eigenvalue weighted by molar-refractivity contribution is 5.95. The minimum absolute atomic E-state index is 0.0306. The van der Waals surface area contributed by atoms with Crippen molar-refractivity contribution in [3.05, 3.63) is 47.3 Å². The van der Waals surface area contributed by atoms with Crippen LogP contribution in [0.3, 0.4) is 0 Å². The lowest BCUT2D eigenvalue weighted by atomic mass is 9.89. The fraction of sp³-hybridized carbons (Fsp3) is 0.500. The molecule has 5 nitrogen and oxygen atoms in total. The van der Waals surface area contributed by atoms with E-state index in [1.165, 1.54) is 5.56 Å². The third-order valence-electron chi connectivity index (χ3n) is 4.60. The molecule has 1 aliphatic rings. The van der Waals surface area contributed by atoms with Gasteiger partial charge in [-0.1, -0.05) is 38.5 Å². The van der Waals surface area contributed by atoms with Gasteiger partial charge in [0.2, 0.25) is 0 Å². The molecule has 1 saturated heterocycles. The van der Waals surface area contributed by atoms with Crippen molar-refractivity contribution in [2.75, 3.05) is 13.1 Å². The van der Waals surface area contributed by atoms with Gasteiger partial charge in [0.1, 0.15) is 0 Å². The molecule has 2 aromatic rings. The molecule has 0 radical (unpaired) electrons. The number of hydrogen-bond donors (Lipinski definition) is 2.